The molecule has 1 nitrogen and oxygen atoms in total. The third-order valence-corrected chi connectivity index (χ3v) is 3.06. The summed E-state index contributed by atoms with van der Waals surface area (Å²) < 4.78 is 6.34. The highest BCUT2D eigenvalue weighted by Crippen LogP contribution is 2.28. The van der Waals surface area contributed by atoms with Gasteiger partial charge in [0.05, 0.1) is 7.11 Å². The van der Waals surface area contributed by atoms with E-state index in [-0.39, 0.29) is 0 Å². The molecule has 0 aliphatic heterocycles. The molecule has 0 heterocycles. The van der Waals surface area contributed by atoms with Crippen molar-refractivity contribution in [3.05, 3.63) is 52.5 Å². The molecule has 2 heteroatoms. The average molecular weight is 277 g/mol. The van der Waals surface area contributed by atoms with Gasteiger partial charge in [-0.1, -0.05) is 34.1 Å². The molecule has 0 saturated heterocycles. The Hall–Kier alpha value is -1.28. The van der Waals surface area contributed by atoms with E-state index in [1.54, 1.807) is 7.11 Å². The molecule has 2 rings (SSSR count). The highest BCUT2D eigenvalue weighted by Gasteiger charge is 2.03. The first-order chi connectivity index (χ1) is 7.70. The molecule has 2 aromatic carbocycles. The molecule has 0 aliphatic rings. The minimum absolute atomic E-state index is 0.889. The van der Waals surface area contributed by atoms with E-state index in [2.05, 4.69) is 53.2 Å². The number of methoxy groups -OCH3 is 1. The summed E-state index contributed by atoms with van der Waals surface area (Å²) in [7, 11) is 1.69. The normalized spacial score (nSPS) is 10.2. The lowest BCUT2D eigenvalue weighted by Gasteiger charge is -2.08. The van der Waals surface area contributed by atoms with Crippen LogP contribution in [0.4, 0.5) is 0 Å². The Morgan fingerprint density at radius 3 is 2.56 bits per heavy atom. The van der Waals surface area contributed by atoms with Crippen molar-refractivity contribution in [2.75, 3.05) is 7.11 Å². The first-order valence-electron chi connectivity index (χ1n) is 5.11. The molecule has 0 bridgehead atoms. The molecule has 0 atom stereocenters. The Kier molecular flexibility index (Phi) is 3.30. The molecule has 0 aliphatic carbocycles. The number of aryl methyl sites for hydroxylation is 1. The summed E-state index contributed by atoms with van der Waals surface area (Å²) in [4.78, 5) is 0. The molecule has 0 spiro atoms. The zero-order valence-corrected chi connectivity index (χ0v) is 10.9. The van der Waals surface area contributed by atoms with Crippen LogP contribution in [0, 0.1) is 6.92 Å². The molecular formula is C14H13BrO. The van der Waals surface area contributed by atoms with Crippen molar-refractivity contribution in [1.29, 1.82) is 0 Å². The molecule has 0 N–H and O–H groups in total. The Morgan fingerprint density at radius 1 is 1.06 bits per heavy atom. The molecule has 16 heavy (non-hydrogen) atoms. The van der Waals surface area contributed by atoms with Gasteiger partial charge in [-0.05, 0) is 47.9 Å². The van der Waals surface area contributed by atoms with Crippen molar-refractivity contribution in [2.45, 2.75) is 6.92 Å². The van der Waals surface area contributed by atoms with E-state index in [1.165, 1.54) is 16.7 Å². The van der Waals surface area contributed by atoms with Crippen LogP contribution in [0.3, 0.4) is 0 Å². The third-order valence-electron chi connectivity index (χ3n) is 2.57. The topological polar surface area (TPSA) is 9.23 Å². The van der Waals surface area contributed by atoms with Crippen LogP contribution in [0.15, 0.2) is 46.9 Å². The van der Waals surface area contributed by atoms with Crippen molar-refractivity contribution in [1.82, 2.24) is 0 Å². The smallest absolute Gasteiger partial charge is 0.119 e. The fourth-order valence-electron chi connectivity index (χ4n) is 1.74. The minimum Gasteiger partial charge on any atom is -0.497 e. The summed E-state index contributed by atoms with van der Waals surface area (Å²) in [5, 5.41) is 0. The lowest BCUT2D eigenvalue weighted by atomic mass is 10.0. The predicted octanol–water partition coefficient (Wildman–Crippen LogP) is 4.43. The second kappa shape index (κ2) is 4.71. The van der Waals surface area contributed by atoms with Crippen LogP contribution < -0.4 is 4.74 Å². The van der Waals surface area contributed by atoms with Gasteiger partial charge in [0.2, 0.25) is 0 Å². The summed E-state index contributed by atoms with van der Waals surface area (Å²) in [5.41, 5.74) is 3.68. The van der Waals surface area contributed by atoms with Gasteiger partial charge in [0.25, 0.3) is 0 Å². The maximum atomic E-state index is 5.23. The van der Waals surface area contributed by atoms with Crippen LogP contribution in [-0.2, 0) is 0 Å². The van der Waals surface area contributed by atoms with Gasteiger partial charge in [0.15, 0.2) is 0 Å². The quantitative estimate of drug-likeness (QED) is 0.788. The van der Waals surface area contributed by atoms with E-state index in [9.17, 15) is 0 Å². The second-order valence-corrected chi connectivity index (χ2v) is 4.61. The number of benzene rings is 2. The van der Waals surface area contributed by atoms with Crippen molar-refractivity contribution in [3.63, 3.8) is 0 Å². The number of ether oxygens (including phenoxy) is 1. The summed E-state index contributed by atoms with van der Waals surface area (Å²) in [5.74, 6) is 0.889. The summed E-state index contributed by atoms with van der Waals surface area (Å²) in [6.07, 6.45) is 0. The number of halogens is 1. The van der Waals surface area contributed by atoms with Crippen molar-refractivity contribution in [2.24, 2.45) is 0 Å². The van der Waals surface area contributed by atoms with Crippen LogP contribution in [-0.4, -0.2) is 7.11 Å². The van der Waals surface area contributed by atoms with Crippen LogP contribution in [0.2, 0.25) is 0 Å². The Labute approximate surface area is 104 Å². The van der Waals surface area contributed by atoms with Gasteiger partial charge in [0.1, 0.15) is 5.75 Å². The third kappa shape index (κ3) is 2.27. The molecule has 0 radical (unpaired) electrons. The first-order valence-corrected chi connectivity index (χ1v) is 5.90. The SMILES string of the molecule is COc1cccc(-c2ccc(Br)cc2C)c1. The zero-order valence-electron chi connectivity index (χ0n) is 9.33. The van der Waals surface area contributed by atoms with Gasteiger partial charge in [-0.25, -0.2) is 0 Å². The number of hydrogen-bond acceptors (Lipinski definition) is 1. The van der Waals surface area contributed by atoms with Crippen LogP contribution in [0.25, 0.3) is 11.1 Å². The van der Waals surface area contributed by atoms with E-state index in [0.717, 1.165) is 10.2 Å². The Balaban J connectivity index is 2.49. The van der Waals surface area contributed by atoms with Gasteiger partial charge >= 0.3 is 0 Å². The lowest BCUT2D eigenvalue weighted by Crippen LogP contribution is -1.86. The average Bonchev–Trinajstić information content (AvgIpc) is 2.29. The zero-order chi connectivity index (χ0) is 11.5. The van der Waals surface area contributed by atoms with Crippen LogP contribution >= 0.6 is 15.9 Å². The van der Waals surface area contributed by atoms with Crippen molar-refractivity contribution >= 4 is 15.9 Å². The largest absolute Gasteiger partial charge is 0.497 e. The van der Waals surface area contributed by atoms with Gasteiger partial charge < -0.3 is 4.74 Å². The summed E-state index contributed by atoms with van der Waals surface area (Å²) >= 11 is 3.47. The van der Waals surface area contributed by atoms with Gasteiger partial charge in [-0.2, -0.15) is 0 Å². The predicted molar refractivity (Wildman–Crippen MR) is 70.9 cm³/mol. The number of rotatable bonds is 2. The highest BCUT2D eigenvalue weighted by atomic mass is 79.9. The van der Waals surface area contributed by atoms with Crippen molar-refractivity contribution < 1.29 is 4.74 Å². The molecule has 0 saturated carbocycles. The minimum atomic E-state index is 0.889. The molecule has 0 unspecified atom stereocenters. The molecular weight excluding hydrogens is 264 g/mol. The maximum Gasteiger partial charge on any atom is 0.119 e. The Morgan fingerprint density at radius 2 is 1.88 bits per heavy atom. The highest BCUT2D eigenvalue weighted by molar-refractivity contribution is 9.10. The molecule has 0 amide bonds. The van der Waals surface area contributed by atoms with E-state index in [0.29, 0.717) is 0 Å². The van der Waals surface area contributed by atoms with Gasteiger partial charge in [-0.3, -0.25) is 0 Å². The fraction of sp³-hybridized carbons (Fsp3) is 0.143. The van der Waals surface area contributed by atoms with Crippen LogP contribution in [0.1, 0.15) is 5.56 Å². The Bertz CT molecular complexity index is 506. The molecule has 2 aromatic rings. The maximum absolute atomic E-state index is 5.23. The van der Waals surface area contributed by atoms with Gasteiger partial charge in [-0.15, -0.1) is 0 Å². The number of hydrogen-bond donors (Lipinski definition) is 0. The monoisotopic (exact) mass is 276 g/mol. The second-order valence-electron chi connectivity index (χ2n) is 3.69. The standard InChI is InChI=1S/C14H13BrO/c1-10-8-12(15)6-7-14(10)11-4-3-5-13(9-11)16-2/h3-9H,1-2H3. The van der Waals surface area contributed by atoms with E-state index in [4.69, 9.17) is 4.74 Å². The van der Waals surface area contributed by atoms with Crippen molar-refractivity contribution in [3.8, 4) is 16.9 Å². The first kappa shape index (κ1) is 11.2. The van der Waals surface area contributed by atoms with Gasteiger partial charge in [0, 0.05) is 4.47 Å². The van der Waals surface area contributed by atoms with E-state index < -0.39 is 0 Å². The summed E-state index contributed by atoms with van der Waals surface area (Å²) in [6, 6.07) is 14.4. The molecule has 82 valence electrons. The van der Waals surface area contributed by atoms with E-state index >= 15 is 0 Å². The van der Waals surface area contributed by atoms with Crippen LogP contribution in [0.5, 0.6) is 5.75 Å². The fourth-order valence-corrected chi connectivity index (χ4v) is 2.22. The molecule has 0 aromatic heterocycles. The lowest BCUT2D eigenvalue weighted by molar-refractivity contribution is 0.415. The summed E-state index contributed by atoms with van der Waals surface area (Å²) in [6.45, 7) is 2.11. The van der Waals surface area contributed by atoms with E-state index in [1.807, 2.05) is 12.1 Å². The molecule has 0 fully saturated rings.